The van der Waals surface area contributed by atoms with Gasteiger partial charge in [0.05, 0.1) is 22.8 Å². The van der Waals surface area contributed by atoms with Crippen LogP contribution in [0.2, 0.25) is 0 Å². The summed E-state index contributed by atoms with van der Waals surface area (Å²) in [5.74, 6) is -1.93. The summed E-state index contributed by atoms with van der Waals surface area (Å²) in [5, 5.41) is 18.5. The molecule has 1 fully saturated rings. The van der Waals surface area contributed by atoms with Crippen LogP contribution in [-0.4, -0.2) is 45.0 Å². The van der Waals surface area contributed by atoms with Crippen LogP contribution in [0, 0.1) is 0 Å². The third kappa shape index (κ3) is 2.21. The van der Waals surface area contributed by atoms with Gasteiger partial charge in [-0.3, -0.25) is 14.5 Å². The average Bonchev–Trinajstić information content (AvgIpc) is 2.72. The van der Waals surface area contributed by atoms with Crippen LogP contribution in [0.3, 0.4) is 0 Å². The Morgan fingerprint density at radius 3 is 2.29 bits per heavy atom. The van der Waals surface area contributed by atoms with Crippen molar-refractivity contribution in [3.05, 3.63) is 34.9 Å². The third-order valence-electron chi connectivity index (χ3n) is 4.20. The summed E-state index contributed by atoms with van der Waals surface area (Å²) >= 11 is 0. The van der Waals surface area contributed by atoms with Gasteiger partial charge in [0.1, 0.15) is 0 Å². The first-order valence-electron chi connectivity index (χ1n) is 6.92. The third-order valence-corrected chi connectivity index (χ3v) is 4.20. The van der Waals surface area contributed by atoms with Crippen LogP contribution in [0.1, 0.15) is 56.8 Å². The molecule has 0 aromatic heterocycles. The zero-order chi connectivity index (χ0) is 15.1. The molecule has 1 saturated carbocycles. The fraction of sp³-hybridized carbons (Fsp3) is 0.400. The van der Waals surface area contributed by atoms with Crippen molar-refractivity contribution in [2.24, 2.45) is 0 Å². The minimum absolute atomic E-state index is 0.00387. The first kappa shape index (κ1) is 13.8. The molecule has 1 aliphatic heterocycles. The van der Waals surface area contributed by atoms with Gasteiger partial charge in [-0.1, -0.05) is 0 Å². The lowest BCUT2D eigenvalue weighted by molar-refractivity contribution is 0.0449. The zero-order valence-corrected chi connectivity index (χ0v) is 11.3. The molecule has 2 N–H and O–H groups in total. The average molecular weight is 289 g/mol. The summed E-state index contributed by atoms with van der Waals surface area (Å²) in [4.78, 5) is 37.0. The molecule has 1 heterocycles. The van der Waals surface area contributed by atoms with Crippen LogP contribution in [0.25, 0.3) is 0 Å². The van der Waals surface area contributed by atoms with Crippen molar-refractivity contribution >= 4 is 17.8 Å². The van der Waals surface area contributed by atoms with Crippen LogP contribution in [0.15, 0.2) is 18.2 Å². The number of carboxylic acid groups (broad SMARTS) is 1. The summed E-state index contributed by atoms with van der Waals surface area (Å²) in [6, 6.07) is 3.78. The van der Waals surface area contributed by atoms with Gasteiger partial charge in [-0.25, -0.2) is 4.79 Å². The lowest BCUT2D eigenvalue weighted by Gasteiger charge is -2.31. The Morgan fingerprint density at radius 2 is 1.67 bits per heavy atom. The molecule has 2 amide bonds. The van der Waals surface area contributed by atoms with Gasteiger partial charge >= 0.3 is 5.97 Å². The van der Waals surface area contributed by atoms with E-state index in [4.69, 9.17) is 5.11 Å². The second kappa shape index (κ2) is 4.96. The number of fused-ring (bicyclic) bond motifs is 1. The molecule has 6 nitrogen and oxygen atoms in total. The van der Waals surface area contributed by atoms with Gasteiger partial charge in [0.2, 0.25) is 0 Å². The number of hydrogen-bond donors (Lipinski definition) is 2. The minimum Gasteiger partial charge on any atom is -0.478 e. The smallest absolute Gasteiger partial charge is 0.335 e. The number of rotatable bonds is 2. The number of imide groups is 1. The number of hydrogen-bond acceptors (Lipinski definition) is 4. The van der Waals surface area contributed by atoms with Gasteiger partial charge in [0.15, 0.2) is 0 Å². The predicted octanol–water partition coefficient (Wildman–Crippen LogP) is 1.28. The summed E-state index contributed by atoms with van der Waals surface area (Å²) in [5.41, 5.74) is 0.415. The Balaban J connectivity index is 1.91. The van der Waals surface area contributed by atoms with Crippen molar-refractivity contribution in [2.75, 3.05) is 0 Å². The normalized spacial score (nSPS) is 25.1. The SMILES string of the molecule is O=C(O)c1ccc2c(c1)C(=O)N(C1CCC(O)CC1)C2=O. The molecule has 1 aromatic rings. The van der Waals surface area contributed by atoms with Crippen LogP contribution in [0.5, 0.6) is 0 Å². The van der Waals surface area contributed by atoms with Crippen molar-refractivity contribution in [2.45, 2.75) is 37.8 Å². The Kier molecular flexibility index (Phi) is 3.25. The monoisotopic (exact) mass is 289 g/mol. The van der Waals surface area contributed by atoms with Gasteiger partial charge in [0, 0.05) is 6.04 Å². The molecule has 0 atom stereocenters. The van der Waals surface area contributed by atoms with Crippen molar-refractivity contribution in [1.29, 1.82) is 0 Å². The van der Waals surface area contributed by atoms with E-state index in [9.17, 15) is 19.5 Å². The van der Waals surface area contributed by atoms with E-state index in [1.807, 2.05) is 0 Å². The molecular formula is C15H15NO5. The molecule has 6 heteroatoms. The number of aliphatic hydroxyl groups is 1. The molecule has 1 aliphatic carbocycles. The fourth-order valence-corrected chi connectivity index (χ4v) is 3.04. The topological polar surface area (TPSA) is 94.9 Å². The van der Waals surface area contributed by atoms with Crippen LogP contribution in [0.4, 0.5) is 0 Å². The van der Waals surface area contributed by atoms with Gasteiger partial charge in [0.25, 0.3) is 11.8 Å². The Morgan fingerprint density at radius 1 is 1.05 bits per heavy atom. The number of carboxylic acids is 1. The summed E-state index contributed by atoms with van der Waals surface area (Å²) in [6.45, 7) is 0. The maximum atomic E-state index is 12.4. The largest absolute Gasteiger partial charge is 0.478 e. The van der Waals surface area contributed by atoms with E-state index in [0.29, 0.717) is 25.7 Å². The first-order chi connectivity index (χ1) is 9.99. The summed E-state index contributed by atoms with van der Waals surface area (Å²) < 4.78 is 0. The molecule has 1 aromatic carbocycles. The number of aromatic carboxylic acids is 1. The second-order valence-electron chi connectivity index (χ2n) is 5.51. The number of benzene rings is 1. The van der Waals surface area contributed by atoms with E-state index in [1.54, 1.807) is 0 Å². The molecule has 110 valence electrons. The van der Waals surface area contributed by atoms with E-state index >= 15 is 0 Å². The lowest BCUT2D eigenvalue weighted by atomic mass is 9.92. The van der Waals surface area contributed by atoms with Gasteiger partial charge in [-0.05, 0) is 43.9 Å². The highest BCUT2D eigenvalue weighted by atomic mass is 16.4. The number of nitrogens with zero attached hydrogens (tertiary/aromatic N) is 1. The minimum atomic E-state index is -1.13. The van der Waals surface area contributed by atoms with Crippen LogP contribution >= 0.6 is 0 Å². The molecule has 0 saturated heterocycles. The number of carbonyl (C=O) groups excluding carboxylic acids is 2. The predicted molar refractivity (Wildman–Crippen MR) is 72.2 cm³/mol. The highest BCUT2D eigenvalue weighted by Crippen LogP contribution is 2.31. The van der Waals surface area contributed by atoms with E-state index in [0.717, 1.165) is 0 Å². The van der Waals surface area contributed by atoms with Crippen molar-refractivity contribution < 1.29 is 24.6 Å². The number of amides is 2. The number of aliphatic hydroxyl groups excluding tert-OH is 1. The molecule has 2 aliphatic rings. The standard InChI is InChI=1S/C15H15NO5/c17-10-4-2-9(3-5-10)16-13(18)11-6-1-8(15(20)21)7-12(11)14(16)19/h1,6-7,9-10,17H,2-5H2,(H,20,21). The maximum absolute atomic E-state index is 12.4. The first-order valence-corrected chi connectivity index (χ1v) is 6.92. The highest BCUT2D eigenvalue weighted by molar-refractivity contribution is 6.22. The Hall–Kier alpha value is -2.21. The summed E-state index contributed by atoms with van der Waals surface area (Å²) in [6.07, 6.45) is 1.93. The molecule has 0 radical (unpaired) electrons. The Labute approximate surface area is 121 Å². The van der Waals surface area contributed by atoms with Gasteiger partial charge < -0.3 is 10.2 Å². The fourth-order valence-electron chi connectivity index (χ4n) is 3.04. The number of carbonyl (C=O) groups is 3. The van der Waals surface area contributed by atoms with Crippen LogP contribution < -0.4 is 0 Å². The molecule has 0 bridgehead atoms. The lowest BCUT2D eigenvalue weighted by Crippen LogP contribution is -2.42. The zero-order valence-electron chi connectivity index (χ0n) is 11.3. The van der Waals surface area contributed by atoms with Gasteiger partial charge in [-0.15, -0.1) is 0 Å². The molecule has 3 rings (SSSR count). The van der Waals surface area contributed by atoms with Crippen molar-refractivity contribution in [1.82, 2.24) is 4.90 Å². The molecule has 0 unspecified atom stereocenters. The van der Waals surface area contributed by atoms with Crippen molar-refractivity contribution in [3.63, 3.8) is 0 Å². The van der Waals surface area contributed by atoms with E-state index in [1.165, 1.54) is 23.1 Å². The molecular weight excluding hydrogens is 274 g/mol. The van der Waals surface area contributed by atoms with Gasteiger partial charge in [-0.2, -0.15) is 0 Å². The van der Waals surface area contributed by atoms with E-state index in [-0.39, 0.29) is 34.7 Å². The molecule has 21 heavy (non-hydrogen) atoms. The summed E-state index contributed by atoms with van der Waals surface area (Å²) in [7, 11) is 0. The Bertz CT molecular complexity index is 631. The quantitative estimate of drug-likeness (QED) is 0.800. The van der Waals surface area contributed by atoms with Crippen LogP contribution in [-0.2, 0) is 0 Å². The van der Waals surface area contributed by atoms with E-state index < -0.39 is 11.9 Å². The maximum Gasteiger partial charge on any atom is 0.335 e. The second-order valence-corrected chi connectivity index (χ2v) is 5.51. The van der Waals surface area contributed by atoms with Crippen molar-refractivity contribution in [3.8, 4) is 0 Å². The molecule has 0 spiro atoms. The highest BCUT2D eigenvalue weighted by Gasteiger charge is 2.41. The van der Waals surface area contributed by atoms with E-state index in [2.05, 4.69) is 0 Å².